The number of urea groups is 1. The van der Waals surface area contributed by atoms with E-state index in [4.69, 9.17) is 0 Å². The summed E-state index contributed by atoms with van der Waals surface area (Å²) in [7, 11) is 0. The number of carbonyl (C=O) groups excluding carboxylic acids is 3. The Morgan fingerprint density at radius 3 is 2.79 bits per heavy atom. The summed E-state index contributed by atoms with van der Waals surface area (Å²) in [6.45, 7) is 2.40. The van der Waals surface area contributed by atoms with Crippen LogP contribution in [0.5, 0.6) is 0 Å². The molecule has 2 spiro atoms. The van der Waals surface area contributed by atoms with Crippen LogP contribution in [0.2, 0.25) is 0 Å². The Labute approximate surface area is 162 Å². The van der Waals surface area contributed by atoms with E-state index in [0.717, 1.165) is 30.6 Å². The monoisotopic (exact) mass is 381 g/mol. The second kappa shape index (κ2) is 5.26. The third-order valence-corrected chi connectivity index (χ3v) is 7.34. The van der Waals surface area contributed by atoms with Crippen molar-refractivity contribution in [1.29, 1.82) is 0 Å². The molecule has 8 nitrogen and oxygen atoms in total. The molecule has 0 aromatic heterocycles. The zero-order valence-corrected chi connectivity index (χ0v) is 15.5. The van der Waals surface area contributed by atoms with Crippen LogP contribution in [0, 0.1) is 5.92 Å². The van der Waals surface area contributed by atoms with Gasteiger partial charge in [-0.15, -0.1) is 0 Å². The number of hydrogen-bond donors (Lipinski definition) is 3. The highest BCUT2D eigenvalue weighted by Crippen LogP contribution is 2.55. The number of anilines is 1. The van der Waals surface area contributed by atoms with E-state index in [2.05, 4.69) is 20.9 Å². The summed E-state index contributed by atoms with van der Waals surface area (Å²) in [5, 5.41) is 8.75. The van der Waals surface area contributed by atoms with Crippen molar-refractivity contribution < 1.29 is 14.4 Å². The van der Waals surface area contributed by atoms with E-state index in [9.17, 15) is 14.4 Å². The summed E-state index contributed by atoms with van der Waals surface area (Å²) >= 11 is 0. The fourth-order valence-corrected chi connectivity index (χ4v) is 6.19. The molecular formula is C20H23N5O3. The summed E-state index contributed by atoms with van der Waals surface area (Å²) in [5.74, 6) is -0.417. The van der Waals surface area contributed by atoms with Gasteiger partial charge in [0, 0.05) is 36.9 Å². The largest absolute Gasteiger partial charge is 0.337 e. The molecule has 5 aliphatic rings. The molecule has 0 radical (unpaired) electrons. The van der Waals surface area contributed by atoms with Gasteiger partial charge in [-0.25, -0.2) is 4.79 Å². The normalized spacial score (nSPS) is 34.8. The highest BCUT2D eigenvalue weighted by molar-refractivity contribution is 6.09. The summed E-state index contributed by atoms with van der Waals surface area (Å²) in [5.41, 5.74) is 0.526. The van der Waals surface area contributed by atoms with Crippen LogP contribution in [0.3, 0.4) is 0 Å². The van der Waals surface area contributed by atoms with Gasteiger partial charge < -0.3 is 20.9 Å². The number of fused-ring (bicyclic) bond motifs is 4. The summed E-state index contributed by atoms with van der Waals surface area (Å²) < 4.78 is 0. The van der Waals surface area contributed by atoms with Crippen molar-refractivity contribution in [2.75, 3.05) is 31.5 Å². The van der Waals surface area contributed by atoms with Crippen molar-refractivity contribution in [3.63, 3.8) is 0 Å². The van der Waals surface area contributed by atoms with Gasteiger partial charge in [0.25, 0.3) is 0 Å². The number of nitrogens with one attached hydrogen (secondary N) is 3. The van der Waals surface area contributed by atoms with Crippen LogP contribution in [-0.2, 0) is 15.1 Å². The lowest BCUT2D eigenvalue weighted by Crippen LogP contribution is -2.71. The molecule has 0 bridgehead atoms. The van der Waals surface area contributed by atoms with Gasteiger partial charge in [-0.05, 0) is 31.9 Å². The molecule has 28 heavy (non-hydrogen) atoms. The molecule has 0 unspecified atom stereocenters. The van der Waals surface area contributed by atoms with Gasteiger partial charge in [0.1, 0.15) is 5.54 Å². The minimum atomic E-state index is -0.894. The van der Waals surface area contributed by atoms with E-state index < -0.39 is 5.54 Å². The number of nitrogens with zero attached hydrogens (tertiary/aromatic N) is 2. The Hall–Kier alpha value is -2.61. The minimum absolute atomic E-state index is 0.0352. The van der Waals surface area contributed by atoms with Crippen molar-refractivity contribution in [2.24, 2.45) is 5.92 Å². The van der Waals surface area contributed by atoms with E-state index in [0.29, 0.717) is 26.1 Å². The lowest BCUT2D eigenvalue weighted by molar-refractivity contribution is -0.150. The average Bonchev–Trinajstić information content (AvgIpc) is 3.38. The number of likely N-dealkylation sites (tertiary alicyclic amines) is 1. The molecule has 8 heteroatoms. The topological polar surface area (TPSA) is 93.8 Å². The first-order valence-corrected chi connectivity index (χ1v) is 10.1. The van der Waals surface area contributed by atoms with Gasteiger partial charge in [-0.3, -0.25) is 14.5 Å². The lowest BCUT2D eigenvalue weighted by Gasteiger charge is -2.49. The molecule has 3 N–H and O–H groups in total. The summed E-state index contributed by atoms with van der Waals surface area (Å²) in [6, 6.07) is 7.88. The molecule has 4 saturated heterocycles. The second-order valence-electron chi connectivity index (χ2n) is 8.83. The maximum atomic E-state index is 13.6. The second-order valence-corrected chi connectivity index (χ2v) is 8.83. The van der Waals surface area contributed by atoms with Crippen LogP contribution in [0.15, 0.2) is 24.3 Å². The van der Waals surface area contributed by atoms with Crippen LogP contribution in [0.1, 0.15) is 24.8 Å². The van der Waals surface area contributed by atoms with Crippen LogP contribution in [0.25, 0.3) is 0 Å². The molecule has 4 fully saturated rings. The molecule has 6 rings (SSSR count). The Balaban J connectivity index is 1.36. The molecule has 146 valence electrons. The van der Waals surface area contributed by atoms with Crippen molar-refractivity contribution in [3.05, 3.63) is 29.8 Å². The molecule has 0 aliphatic carbocycles. The molecule has 5 aliphatic heterocycles. The van der Waals surface area contributed by atoms with Crippen molar-refractivity contribution in [2.45, 2.75) is 36.4 Å². The Bertz CT molecular complexity index is 911. The van der Waals surface area contributed by atoms with Gasteiger partial charge in [-0.1, -0.05) is 18.2 Å². The number of carbonyl (C=O) groups is 3. The fourth-order valence-electron chi connectivity index (χ4n) is 6.19. The van der Waals surface area contributed by atoms with Gasteiger partial charge >= 0.3 is 6.03 Å². The third kappa shape index (κ3) is 1.86. The Morgan fingerprint density at radius 2 is 2.00 bits per heavy atom. The first kappa shape index (κ1) is 16.4. The van der Waals surface area contributed by atoms with Crippen LogP contribution in [-0.4, -0.2) is 65.4 Å². The first-order chi connectivity index (χ1) is 13.5. The average molecular weight is 381 g/mol. The number of para-hydroxylation sites is 1. The van der Waals surface area contributed by atoms with Crippen molar-refractivity contribution in [1.82, 2.24) is 20.4 Å². The molecule has 1 aromatic carbocycles. The molecule has 0 saturated carbocycles. The first-order valence-electron chi connectivity index (χ1n) is 10.1. The van der Waals surface area contributed by atoms with E-state index in [1.54, 1.807) is 0 Å². The molecule has 5 heterocycles. The zero-order valence-electron chi connectivity index (χ0n) is 15.5. The fraction of sp³-hybridized carbons (Fsp3) is 0.550. The van der Waals surface area contributed by atoms with Gasteiger partial charge in [0.2, 0.25) is 11.8 Å². The maximum Gasteiger partial charge on any atom is 0.315 e. The Kier molecular flexibility index (Phi) is 3.07. The smallest absolute Gasteiger partial charge is 0.315 e. The predicted octanol–water partition coefficient (Wildman–Crippen LogP) is 0.212. The number of rotatable bonds is 1. The molecule has 3 atom stereocenters. The van der Waals surface area contributed by atoms with E-state index in [1.165, 1.54) is 0 Å². The van der Waals surface area contributed by atoms with Gasteiger partial charge in [0.15, 0.2) is 0 Å². The van der Waals surface area contributed by atoms with E-state index in [-0.39, 0.29) is 35.3 Å². The quantitative estimate of drug-likeness (QED) is 0.648. The van der Waals surface area contributed by atoms with Crippen molar-refractivity contribution in [3.8, 4) is 0 Å². The third-order valence-electron chi connectivity index (χ3n) is 7.34. The standard InChI is InChI=1S/C20H23N5O3/c26-16(24-10-19(11-24)9-21-18(28)23-19)14-8-12-4-3-7-25(12)20(14)13-5-1-2-6-15(13)22-17(20)27/h1-2,5-6,12,14H,3-4,7-11H2,(H,22,27)(H2,21,23,28)/t12-,14+,20+/m1/s1. The molecule has 1 aromatic rings. The maximum absolute atomic E-state index is 13.6. The highest BCUT2D eigenvalue weighted by atomic mass is 16.2. The van der Waals surface area contributed by atoms with E-state index >= 15 is 0 Å². The summed E-state index contributed by atoms with van der Waals surface area (Å²) in [6.07, 6.45) is 2.81. The van der Waals surface area contributed by atoms with Crippen LogP contribution < -0.4 is 16.0 Å². The SMILES string of the molecule is O=C1NCC2(CN(C(=O)[C@@H]3C[C@H]4CCCN4[C@]34C(=O)Nc3ccccc34)C2)N1. The van der Waals surface area contributed by atoms with Crippen LogP contribution >= 0.6 is 0 Å². The number of hydrogen-bond acceptors (Lipinski definition) is 4. The van der Waals surface area contributed by atoms with Crippen LogP contribution in [0.4, 0.5) is 10.5 Å². The summed E-state index contributed by atoms with van der Waals surface area (Å²) in [4.78, 5) is 42.5. The predicted molar refractivity (Wildman–Crippen MR) is 100 cm³/mol. The molecule has 4 amide bonds. The van der Waals surface area contributed by atoms with E-state index in [1.807, 2.05) is 29.2 Å². The van der Waals surface area contributed by atoms with Gasteiger partial charge in [-0.2, -0.15) is 0 Å². The number of amides is 4. The minimum Gasteiger partial charge on any atom is -0.337 e. The van der Waals surface area contributed by atoms with Crippen molar-refractivity contribution >= 4 is 23.5 Å². The van der Waals surface area contributed by atoms with Gasteiger partial charge in [0.05, 0.1) is 11.5 Å². The number of benzene rings is 1. The highest BCUT2D eigenvalue weighted by Gasteiger charge is 2.66. The Morgan fingerprint density at radius 1 is 1.18 bits per heavy atom. The molecular weight excluding hydrogens is 358 g/mol. The zero-order chi connectivity index (χ0) is 19.1. The lowest BCUT2D eigenvalue weighted by atomic mass is 9.76.